The Hall–Kier alpha value is -3.10. The van der Waals surface area contributed by atoms with Crippen LogP contribution in [0.2, 0.25) is 5.02 Å². The lowest BCUT2D eigenvalue weighted by atomic mass is 10.0. The number of fused-ring (bicyclic) bond motifs is 2. The summed E-state index contributed by atoms with van der Waals surface area (Å²) >= 11 is 7.29. The summed E-state index contributed by atoms with van der Waals surface area (Å²) in [7, 11) is 0. The first-order chi connectivity index (χ1) is 16.3. The predicted molar refractivity (Wildman–Crippen MR) is 130 cm³/mol. The lowest BCUT2D eigenvalue weighted by Gasteiger charge is -2.33. The van der Waals surface area contributed by atoms with Gasteiger partial charge in [-0.05, 0) is 49.4 Å². The number of urea groups is 1. The van der Waals surface area contributed by atoms with Crippen LogP contribution in [0.4, 0.5) is 25.0 Å². The summed E-state index contributed by atoms with van der Waals surface area (Å²) in [5.74, 6) is -1.31. The van der Waals surface area contributed by atoms with Crippen LogP contribution < -0.4 is 10.2 Å². The largest absolute Gasteiger partial charge is 0.323 e. The van der Waals surface area contributed by atoms with E-state index in [9.17, 15) is 18.4 Å². The standard InChI is InChI=1S/C25H20ClF2N3O2S/c1-15-5-10-22-19(13-15)25(23(32)30(22)14-18-20(27)3-2-4-21(18)28)31(11-12-34-25)24(33)29-17-8-6-16(26)7-9-17/h2-10,13H,11-12,14H2,1H3,(H,29,33)/t25-/m1/s1. The highest BCUT2D eigenvalue weighted by Crippen LogP contribution is 2.54. The van der Waals surface area contributed by atoms with Crippen molar-refractivity contribution in [3.63, 3.8) is 0 Å². The number of amides is 3. The van der Waals surface area contributed by atoms with E-state index < -0.39 is 28.4 Å². The number of benzene rings is 3. The number of carbonyl (C=O) groups is 2. The molecule has 5 rings (SSSR count). The Morgan fingerprint density at radius 1 is 1.12 bits per heavy atom. The fraction of sp³-hybridized carbons (Fsp3) is 0.200. The summed E-state index contributed by atoms with van der Waals surface area (Å²) in [5, 5.41) is 3.37. The van der Waals surface area contributed by atoms with Gasteiger partial charge >= 0.3 is 6.03 Å². The normalized spacial score (nSPS) is 19.1. The first kappa shape index (κ1) is 22.7. The van der Waals surface area contributed by atoms with Crippen molar-refractivity contribution in [2.24, 2.45) is 0 Å². The highest BCUT2D eigenvalue weighted by atomic mass is 35.5. The quantitative estimate of drug-likeness (QED) is 0.487. The minimum absolute atomic E-state index is 0.195. The Bertz CT molecular complexity index is 1280. The zero-order valence-electron chi connectivity index (χ0n) is 18.1. The number of rotatable bonds is 3. The van der Waals surface area contributed by atoms with Gasteiger partial charge in [0, 0.05) is 34.1 Å². The van der Waals surface area contributed by atoms with Gasteiger partial charge in [0.25, 0.3) is 5.91 Å². The van der Waals surface area contributed by atoms with Gasteiger partial charge in [0.05, 0.1) is 12.2 Å². The van der Waals surface area contributed by atoms with E-state index in [2.05, 4.69) is 5.32 Å². The van der Waals surface area contributed by atoms with Crippen molar-refractivity contribution < 1.29 is 18.4 Å². The van der Waals surface area contributed by atoms with Crippen LogP contribution in [0.15, 0.2) is 60.7 Å². The molecular formula is C25H20ClF2N3O2S. The molecule has 0 unspecified atom stereocenters. The molecule has 3 aromatic rings. The highest BCUT2D eigenvalue weighted by molar-refractivity contribution is 8.01. The minimum atomic E-state index is -1.32. The zero-order chi connectivity index (χ0) is 24.0. The van der Waals surface area contributed by atoms with E-state index in [0.717, 1.165) is 5.56 Å². The van der Waals surface area contributed by atoms with Crippen molar-refractivity contribution in [2.75, 3.05) is 22.5 Å². The maximum absolute atomic E-state index is 14.4. The number of carbonyl (C=O) groups excluding carboxylic acids is 2. The fourth-order valence-electron chi connectivity index (χ4n) is 4.45. The number of hydrogen-bond donors (Lipinski definition) is 1. The third-order valence-electron chi connectivity index (χ3n) is 6.07. The SMILES string of the molecule is Cc1ccc2c(c1)[C@@]1(SCCN1C(=O)Nc1ccc(Cl)cc1)C(=O)N2Cc1c(F)cccc1F. The molecule has 1 N–H and O–H groups in total. The van der Waals surface area contributed by atoms with E-state index in [1.165, 1.54) is 39.8 Å². The molecular weight excluding hydrogens is 480 g/mol. The van der Waals surface area contributed by atoms with Crippen LogP contribution in [0.25, 0.3) is 0 Å². The molecule has 2 aliphatic rings. The van der Waals surface area contributed by atoms with E-state index in [4.69, 9.17) is 11.6 Å². The molecule has 0 radical (unpaired) electrons. The van der Waals surface area contributed by atoms with Crippen LogP contribution in [0.5, 0.6) is 0 Å². The molecule has 0 aromatic heterocycles. The van der Waals surface area contributed by atoms with Crippen LogP contribution in [0.1, 0.15) is 16.7 Å². The summed E-state index contributed by atoms with van der Waals surface area (Å²) in [6.45, 7) is 1.96. The van der Waals surface area contributed by atoms with E-state index in [1.807, 2.05) is 19.1 Å². The maximum atomic E-state index is 14.4. The molecule has 9 heteroatoms. The molecule has 1 saturated heterocycles. The summed E-state index contributed by atoms with van der Waals surface area (Å²) in [5.41, 5.74) is 2.44. The van der Waals surface area contributed by atoms with Crippen LogP contribution >= 0.6 is 23.4 Å². The van der Waals surface area contributed by atoms with Gasteiger partial charge in [-0.1, -0.05) is 35.4 Å². The van der Waals surface area contributed by atoms with Gasteiger partial charge in [-0.2, -0.15) is 0 Å². The van der Waals surface area contributed by atoms with E-state index in [0.29, 0.717) is 34.3 Å². The Kier molecular flexibility index (Phi) is 5.73. The van der Waals surface area contributed by atoms with E-state index in [1.54, 1.807) is 30.3 Å². The topological polar surface area (TPSA) is 52.7 Å². The molecule has 2 heterocycles. The average molecular weight is 500 g/mol. The molecule has 1 fully saturated rings. The highest BCUT2D eigenvalue weighted by Gasteiger charge is 2.59. The second-order valence-electron chi connectivity index (χ2n) is 8.19. The maximum Gasteiger partial charge on any atom is 0.323 e. The van der Waals surface area contributed by atoms with Gasteiger partial charge in [0.2, 0.25) is 0 Å². The number of thioether (sulfide) groups is 1. The molecule has 174 valence electrons. The summed E-state index contributed by atoms with van der Waals surface area (Å²) in [6.07, 6.45) is 0. The van der Waals surface area contributed by atoms with Crippen molar-refractivity contribution in [1.82, 2.24) is 4.90 Å². The summed E-state index contributed by atoms with van der Waals surface area (Å²) in [6, 6.07) is 15.3. The van der Waals surface area contributed by atoms with E-state index >= 15 is 0 Å². The molecule has 0 aliphatic carbocycles. The summed E-state index contributed by atoms with van der Waals surface area (Å²) in [4.78, 5) is 28.9. The molecule has 2 aliphatic heterocycles. The van der Waals surface area contributed by atoms with E-state index in [-0.39, 0.29) is 12.1 Å². The molecule has 5 nitrogen and oxygen atoms in total. The average Bonchev–Trinajstić information content (AvgIpc) is 3.35. The van der Waals surface area contributed by atoms with Crippen molar-refractivity contribution >= 4 is 46.7 Å². The molecule has 1 spiro atoms. The zero-order valence-corrected chi connectivity index (χ0v) is 19.7. The first-order valence-corrected chi connectivity index (χ1v) is 12.0. The van der Waals surface area contributed by atoms with Crippen molar-refractivity contribution in [2.45, 2.75) is 18.3 Å². The van der Waals surface area contributed by atoms with Gasteiger partial charge in [-0.3, -0.25) is 9.69 Å². The van der Waals surface area contributed by atoms with Gasteiger partial charge in [0.1, 0.15) is 11.6 Å². The molecule has 34 heavy (non-hydrogen) atoms. The van der Waals surface area contributed by atoms with Gasteiger partial charge in [-0.25, -0.2) is 13.6 Å². The third-order valence-corrected chi connectivity index (χ3v) is 7.74. The summed E-state index contributed by atoms with van der Waals surface area (Å²) < 4.78 is 28.9. The first-order valence-electron chi connectivity index (χ1n) is 10.7. The number of nitrogens with one attached hydrogen (secondary N) is 1. The number of aryl methyl sites for hydroxylation is 1. The molecule has 3 amide bonds. The van der Waals surface area contributed by atoms with Crippen molar-refractivity contribution in [1.29, 1.82) is 0 Å². The minimum Gasteiger partial charge on any atom is -0.308 e. The number of nitrogens with zero attached hydrogens (tertiary/aromatic N) is 2. The lowest BCUT2D eigenvalue weighted by molar-refractivity contribution is -0.123. The van der Waals surface area contributed by atoms with Gasteiger partial charge in [-0.15, -0.1) is 11.8 Å². The van der Waals surface area contributed by atoms with Crippen LogP contribution in [0.3, 0.4) is 0 Å². The second kappa shape index (κ2) is 8.60. The Morgan fingerprint density at radius 2 is 1.82 bits per heavy atom. The van der Waals surface area contributed by atoms with Gasteiger partial charge < -0.3 is 10.2 Å². The monoisotopic (exact) mass is 499 g/mol. The van der Waals surface area contributed by atoms with Crippen LogP contribution in [-0.2, 0) is 16.2 Å². The van der Waals surface area contributed by atoms with Crippen LogP contribution in [0, 0.1) is 18.6 Å². The van der Waals surface area contributed by atoms with Crippen LogP contribution in [-0.4, -0.2) is 29.1 Å². The number of halogens is 3. The lowest BCUT2D eigenvalue weighted by Crippen LogP contribution is -2.51. The second-order valence-corrected chi connectivity index (χ2v) is 9.92. The molecule has 0 bridgehead atoms. The number of hydrogen-bond acceptors (Lipinski definition) is 3. The third kappa shape index (κ3) is 3.61. The molecule has 3 aromatic carbocycles. The van der Waals surface area contributed by atoms with Crippen molar-refractivity contribution in [3.8, 4) is 0 Å². The predicted octanol–water partition coefficient (Wildman–Crippen LogP) is 5.91. The molecule has 1 atom stereocenters. The van der Waals surface area contributed by atoms with Gasteiger partial charge in [0.15, 0.2) is 4.87 Å². The Balaban J connectivity index is 1.55. The van der Waals surface area contributed by atoms with Crippen molar-refractivity contribution in [3.05, 3.63) is 94.0 Å². The number of anilines is 2. The Morgan fingerprint density at radius 3 is 2.53 bits per heavy atom. The molecule has 0 saturated carbocycles. The smallest absolute Gasteiger partial charge is 0.308 e. The Labute approximate surface area is 204 Å². The fourth-order valence-corrected chi connectivity index (χ4v) is 6.03.